The molecule has 0 aliphatic heterocycles. The number of aromatic nitrogens is 1. The number of hydrogen-bond acceptors (Lipinski definition) is 1. The van der Waals surface area contributed by atoms with Crippen LogP contribution < -0.4 is 0 Å². The van der Waals surface area contributed by atoms with Crippen molar-refractivity contribution in [3.8, 4) is 0 Å². The average Bonchev–Trinajstić information content (AvgIpc) is 2.28. The number of hydrogen-bond donors (Lipinski definition) is 0. The van der Waals surface area contributed by atoms with E-state index >= 15 is 0 Å². The average molecular weight is 166 g/mol. The van der Waals surface area contributed by atoms with Gasteiger partial charge in [0.2, 0.25) is 0 Å². The lowest BCUT2D eigenvalue weighted by Crippen LogP contribution is -1.82. The molecule has 0 radical (unpaired) electrons. The molecule has 0 aromatic carbocycles. The van der Waals surface area contributed by atoms with Gasteiger partial charge in [0.1, 0.15) is 11.6 Å². The highest BCUT2D eigenvalue weighted by atomic mass is 19.1. The second kappa shape index (κ2) is 3.34. The Morgan fingerprint density at radius 1 is 1.67 bits per heavy atom. The number of nitrogens with zero attached hydrogens (tertiary/aromatic N) is 2. The molecule has 0 N–H and O–H groups in total. The van der Waals surface area contributed by atoms with E-state index in [1.807, 2.05) is 6.92 Å². The van der Waals surface area contributed by atoms with E-state index in [4.69, 9.17) is 0 Å². The Balaban J connectivity index is 3.31. The molecular weight excluding hydrogens is 155 g/mol. The van der Waals surface area contributed by atoms with Crippen LogP contribution in [0.25, 0.3) is 6.08 Å². The van der Waals surface area contributed by atoms with Crippen molar-refractivity contribution in [1.82, 2.24) is 4.57 Å². The minimum Gasteiger partial charge on any atom is -0.333 e. The molecule has 2 nitrogen and oxygen atoms in total. The third-order valence-corrected chi connectivity index (χ3v) is 1.62. The third-order valence-electron chi connectivity index (χ3n) is 1.62. The van der Waals surface area contributed by atoms with Crippen molar-refractivity contribution in [2.75, 3.05) is 0 Å². The minimum atomic E-state index is -0.266. The summed E-state index contributed by atoms with van der Waals surface area (Å²) in [5, 5.41) is 0. The smallest absolute Gasteiger partial charge is 0.150 e. The molecule has 1 rings (SSSR count). The van der Waals surface area contributed by atoms with Crippen molar-refractivity contribution in [2.45, 2.75) is 6.92 Å². The largest absolute Gasteiger partial charge is 0.333 e. The van der Waals surface area contributed by atoms with Crippen LogP contribution >= 0.6 is 0 Å². The highest BCUT2D eigenvalue weighted by Gasteiger charge is 2.08. The molecular formula is C9H11FN2. The Morgan fingerprint density at radius 2 is 2.33 bits per heavy atom. The Kier molecular flexibility index (Phi) is 2.43. The maximum atomic E-state index is 13.1. The first kappa shape index (κ1) is 8.71. The maximum Gasteiger partial charge on any atom is 0.150 e. The number of aliphatic imine (C=N–C) groups is 1. The number of rotatable bonds is 2. The van der Waals surface area contributed by atoms with Gasteiger partial charge in [0.05, 0.1) is 5.56 Å². The SMILES string of the molecule is C=Nc1c(/C=C\C)c(F)cn1C. The highest BCUT2D eigenvalue weighted by Crippen LogP contribution is 2.24. The third kappa shape index (κ3) is 1.30. The van der Waals surface area contributed by atoms with Gasteiger partial charge in [-0.2, -0.15) is 0 Å². The predicted octanol–water partition coefficient (Wildman–Crippen LogP) is 2.53. The molecule has 0 unspecified atom stereocenters. The van der Waals surface area contributed by atoms with Gasteiger partial charge in [0, 0.05) is 13.2 Å². The van der Waals surface area contributed by atoms with E-state index in [1.54, 1.807) is 23.8 Å². The summed E-state index contributed by atoms with van der Waals surface area (Å²) in [5.74, 6) is 0.295. The summed E-state index contributed by atoms with van der Waals surface area (Å²) in [4.78, 5) is 3.73. The van der Waals surface area contributed by atoms with Crippen LogP contribution in [0.3, 0.4) is 0 Å². The lowest BCUT2D eigenvalue weighted by molar-refractivity contribution is 0.622. The molecule has 0 fully saturated rings. The second-order valence-electron chi connectivity index (χ2n) is 2.48. The fourth-order valence-corrected chi connectivity index (χ4v) is 1.12. The zero-order chi connectivity index (χ0) is 9.14. The predicted molar refractivity (Wildman–Crippen MR) is 49.3 cm³/mol. The van der Waals surface area contributed by atoms with Crippen LogP contribution in [0.15, 0.2) is 17.3 Å². The Labute approximate surface area is 71.0 Å². The zero-order valence-electron chi connectivity index (χ0n) is 7.21. The first-order valence-electron chi connectivity index (χ1n) is 3.65. The first-order chi connectivity index (χ1) is 5.70. The summed E-state index contributed by atoms with van der Waals surface area (Å²) in [6.07, 6.45) is 4.84. The fourth-order valence-electron chi connectivity index (χ4n) is 1.12. The molecule has 0 spiro atoms. The van der Waals surface area contributed by atoms with Crippen molar-refractivity contribution in [3.63, 3.8) is 0 Å². The maximum absolute atomic E-state index is 13.1. The van der Waals surface area contributed by atoms with E-state index in [0.29, 0.717) is 11.4 Å². The standard InChI is InChI=1S/C9H11FN2/c1-4-5-7-8(10)6-12(3)9(7)11-2/h4-6H,2H2,1,3H3/b5-4-. The molecule has 0 aliphatic carbocycles. The normalized spacial score (nSPS) is 10.9. The van der Waals surface area contributed by atoms with Crippen molar-refractivity contribution in [2.24, 2.45) is 12.0 Å². The Hall–Kier alpha value is -1.38. The monoisotopic (exact) mass is 166 g/mol. The van der Waals surface area contributed by atoms with Gasteiger partial charge in [0.25, 0.3) is 0 Å². The molecule has 1 heterocycles. The number of allylic oxidation sites excluding steroid dienone is 1. The number of halogens is 1. The summed E-state index contributed by atoms with van der Waals surface area (Å²) < 4.78 is 14.7. The van der Waals surface area contributed by atoms with Crippen molar-refractivity contribution >= 4 is 18.6 Å². The quantitative estimate of drug-likeness (QED) is 0.601. The molecule has 12 heavy (non-hydrogen) atoms. The Morgan fingerprint density at radius 3 is 2.83 bits per heavy atom. The van der Waals surface area contributed by atoms with E-state index < -0.39 is 0 Å². The van der Waals surface area contributed by atoms with Crippen LogP contribution in [-0.4, -0.2) is 11.3 Å². The van der Waals surface area contributed by atoms with Crippen LogP contribution in [0.4, 0.5) is 10.2 Å². The highest BCUT2D eigenvalue weighted by molar-refractivity contribution is 5.64. The summed E-state index contributed by atoms with van der Waals surface area (Å²) in [6.45, 7) is 5.21. The van der Waals surface area contributed by atoms with Gasteiger partial charge in [-0.25, -0.2) is 9.38 Å². The van der Waals surface area contributed by atoms with Crippen molar-refractivity contribution in [3.05, 3.63) is 23.7 Å². The van der Waals surface area contributed by atoms with E-state index in [0.717, 1.165) is 0 Å². The molecule has 0 saturated heterocycles. The van der Waals surface area contributed by atoms with Gasteiger partial charge in [-0.3, -0.25) is 0 Å². The molecule has 64 valence electrons. The molecule has 0 bridgehead atoms. The molecule has 0 atom stereocenters. The van der Waals surface area contributed by atoms with Gasteiger partial charge in [-0.15, -0.1) is 0 Å². The summed E-state index contributed by atoms with van der Waals surface area (Å²) in [6, 6.07) is 0. The zero-order valence-corrected chi connectivity index (χ0v) is 7.21. The van der Waals surface area contributed by atoms with Gasteiger partial charge >= 0.3 is 0 Å². The minimum absolute atomic E-state index is 0.266. The summed E-state index contributed by atoms with van der Waals surface area (Å²) in [7, 11) is 1.74. The van der Waals surface area contributed by atoms with Gasteiger partial charge in [0.15, 0.2) is 0 Å². The first-order valence-corrected chi connectivity index (χ1v) is 3.65. The lowest BCUT2D eigenvalue weighted by Gasteiger charge is -1.95. The molecule has 0 aliphatic rings. The molecule has 0 amide bonds. The summed E-state index contributed by atoms with van der Waals surface area (Å²) in [5.41, 5.74) is 0.495. The van der Waals surface area contributed by atoms with Crippen LogP contribution in [0.5, 0.6) is 0 Å². The van der Waals surface area contributed by atoms with E-state index in [1.165, 1.54) is 6.20 Å². The number of aryl methyl sites for hydroxylation is 1. The molecule has 0 saturated carbocycles. The molecule has 3 heteroatoms. The topological polar surface area (TPSA) is 17.3 Å². The van der Waals surface area contributed by atoms with Crippen LogP contribution in [-0.2, 0) is 7.05 Å². The molecule has 1 aromatic rings. The van der Waals surface area contributed by atoms with Crippen molar-refractivity contribution < 1.29 is 4.39 Å². The second-order valence-corrected chi connectivity index (χ2v) is 2.48. The van der Waals surface area contributed by atoms with E-state index in [9.17, 15) is 4.39 Å². The van der Waals surface area contributed by atoms with Crippen LogP contribution in [0, 0.1) is 5.82 Å². The van der Waals surface area contributed by atoms with Gasteiger partial charge in [-0.1, -0.05) is 12.2 Å². The lowest BCUT2D eigenvalue weighted by atomic mass is 10.3. The van der Waals surface area contributed by atoms with Gasteiger partial charge in [-0.05, 0) is 13.6 Å². The van der Waals surface area contributed by atoms with E-state index in [-0.39, 0.29) is 5.82 Å². The fraction of sp³-hybridized carbons (Fsp3) is 0.222. The molecule has 1 aromatic heterocycles. The van der Waals surface area contributed by atoms with Crippen molar-refractivity contribution in [1.29, 1.82) is 0 Å². The summed E-state index contributed by atoms with van der Waals surface area (Å²) >= 11 is 0. The van der Waals surface area contributed by atoms with E-state index in [2.05, 4.69) is 11.7 Å². The van der Waals surface area contributed by atoms with Crippen LogP contribution in [0.1, 0.15) is 12.5 Å². The Bertz CT molecular complexity index is 324. The van der Waals surface area contributed by atoms with Gasteiger partial charge < -0.3 is 4.57 Å². The van der Waals surface area contributed by atoms with Crippen LogP contribution in [0.2, 0.25) is 0 Å².